The third kappa shape index (κ3) is 2.23. The number of rotatable bonds is 1. The number of carbonyl (C=O) groups is 1. The number of hydrogen-bond acceptors (Lipinski definition) is 2. The second-order valence-electron chi connectivity index (χ2n) is 6.33. The minimum absolute atomic E-state index is 0.00340. The molecule has 0 bridgehead atoms. The summed E-state index contributed by atoms with van der Waals surface area (Å²) in [5.74, 6) is -0.00340. The molecule has 1 aliphatic rings. The number of benzene rings is 1. The van der Waals surface area contributed by atoms with Crippen molar-refractivity contribution in [2.24, 2.45) is 0 Å². The molecule has 3 aromatic heterocycles. The number of aromatic amines is 1. The molecule has 0 atom stereocenters. The molecule has 0 spiro atoms. The van der Waals surface area contributed by atoms with E-state index in [0.29, 0.717) is 23.8 Å². The van der Waals surface area contributed by atoms with Gasteiger partial charge in [0, 0.05) is 46.7 Å². The maximum absolute atomic E-state index is 13.1. The van der Waals surface area contributed by atoms with Gasteiger partial charge in [-0.3, -0.25) is 4.79 Å². The van der Waals surface area contributed by atoms with Gasteiger partial charge < -0.3 is 9.88 Å². The van der Waals surface area contributed by atoms with Crippen molar-refractivity contribution in [1.29, 1.82) is 0 Å². The molecular weight excluding hydrogens is 336 g/mol. The first kappa shape index (κ1) is 14.5. The van der Waals surface area contributed by atoms with Gasteiger partial charge in [-0.25, -0.2) is 4.52 Å². The molecule has 0 unspecified atom stereocenters. The normalized spacial score (nSPS) is 14.2. The van der Waals surface area contributed by atoms with Crippen LogP contribution < -0.4 is 0 Å². The van der Waals surface area contributed by atoms with E-state index >= 15 is 0 Å². The van der Waals surface area contributed by atoms with Crippen LogP contribution in [0.5, 0.6) is 0 Å². The molecule has 0 aliphatic carbocycles. The molecule has 1 aromatic carbocycles. The molecule has 124 valence electrons. The summed E-state index contributed by atoms with van der Waals surface area (Å²) in [5, 5.41) is 6.08. The van der Waals surface area contributed by atoms with Crippen molar-refractivity contribution in [3.63, 3.8) is 0 Å². The van der Waals surface area contributed by atoms with Crippen molar-refractivity contribution in [1.82, 2.24) is 19.5 Å². The fraction of sp³-hybridized carbons (Fsp3) is 0.158. The van der Waals surface area contributed by atoms with Gasteiger partial charge in [0.05, 0.1) is 11.7 Å². The molecule has 25 heavy (non-hydrogen) atoms. The first-order chi connectivity index (χ1) is 12.2. The Balaban J connectivity index is 1.55. The number of nitrogens with zero attached hydrogens (tertiary/aromatic N) is 3. The van der Waals surface area contributed by atoms with E-state index in [1.807, 2.05) is 47.4 Å². The smallest absolute Gasteiger partial charge is 0.272 e. The number of H-pyrrole nitrogens is 1. The minimum Gasteiger partial charge on any atom is -0.358 e. The summed E-state index contributed by atoms with van der Waals surface area (Å²) in [4.78, 5) is 18.4. The number of halogens is 1. The second kappa shape index (κ2) is 5.36. The van der Waals surface area contributed by atoms with Gasteiger partial charge in [-0.15, -0.1) is 0 Å². The lowest BCUT2D eigenvalue weighted by Gasteiger charge is -2.27. The lowest BCUT2D eigenvalue weighted by atomic mass is 10.0. The minimum atomic E-state index is -0.00340. The third-order valence-electron chi connectivity index (χ3n) is 4.86. The molecule has 0 fully saturated rings. The highest BCUT2D eigenvalue weighted by Crippen LogP contribution is 2.30. The molecule has 0 saturated carbocycles. The monoisotopic (exact) mass is 350 g/mol. The van der Waals surface area contributed by atoms with Crippen molar-refractivity contribution >= 4 is 33.9 Å². The highest BCUT2D eigenvalue weighted by molar-refractivity contribution is 6.31. The van der Waals surface area contributed by atoms with E-state index in [9.17, 15) is 4.79 Å². The van der Waals surface area contributed by atoms with E-state index in [1.54, 1.807) is 10.7 Å². The predicted octanol–water partition coefficient (Wildman–Crippen LogP) is 3.67. The summed E-state index contributed by atoms with van der Waals surface area (Å²) in [6.45, 7) is 1.26. The van der Waals surface area contributed by atoms with Gasteiger partial charge in [0.15, 0.2) is 0 Å². The Hall–Kier alpha value is -2.79. The lowest BCUT2D eigenvalue weighted by Crippen LogP contribution is -2.36. The fourth-order valence-electron chi connectivity index (χ4n) is 3.63. The number of nitrogens with one attached hydrogen (secondary N) is 1. The number of carbonyl (C=O) groups excluding carboxylic acids is 1. The van der Waals surface area contributed by atoms with E-state index in [-0.39, 0.29) is 5.91 Å². The number of fused-ring (bicyclic) bond motifs is 4. The van der Waals surface area contributed by atoms with Crippen molar-refractivity contribution in [3.05, 3.63) is 70.6 Å². The number of pyridine rings is 1. The molecule has 5 nitrogen and oxygen atoms in total. The van der Waals surface area contributed by atoms with Gasteiger partial charge in [0.25, 0.3) is 5.91 Å². The molecule has 1 aliphatic heterocycles. The Kier molecular flexibility index (Phi) is 3.12. The molecule has 0 radical (unpaired) electrons. The van der Waals surface area contributed by atoms with Crippen LogP contribution in [0.3, 0.4) is 0 Å². The summed E-state index contributed by atoms with van der Waals surface area (Å²) >= 11 is 6.16. The summed E-state index contributed by atoms with van der Waals surface area (Å²) < 4.78 is 1.70. The molecular formula is C19H15ClN4O. The van der Waals surface area contributed by atoms with Gasteiger partial charge in [0.1, 0.15) is 5.69 Å². The summed E-state index contributed by atoms with van der Waals surface area (Å²) in [6, 6.07) is 13.4. The van der Waals surface area contributed by atoms with Crippen molar-refractivity contribution in [3.8, 4) is 0 Å². The van der Waals surface area contributed by atoms with Crippen LogP contribution in [-0.4, -0.2) is 31.9 Å². The molecule has 5 rings (SSSR count). The number of hydrogen-bond donors (Lipinski definition) is 1. The Morgan fingerprint density at radius 2 is 2.12 bits per heavy atom. The van der Waals surface area contributed by atoms with E-state index in [2.05, 4.69) is 10.1 Å². The fourth-order valence-corrected chi connectivity index (χ4v) is 3.81. The van der Waals surface area contributed by atoms with Gasteiger partial charge in [0.2, 0.25) is 0 Å². The van der Waals surface area contributed by atoms with Gasteiger partial charge in [-0.1, -0.05) is 17.7 Å². The van der Waals surface area contributed by atoms with E-state index in [4.69, 9.17) is 11.6 Å². The first-order valence-corrected chi connectivity index (χ1v) is 8.59. The van der Waals surface area contributed by atoms with Crippen LogP contribution in [0.2, 0.25) is 5.02 Å². The zero-order chi connectivity index (χ0) is 17.0. The van der Waals surface area contributed by atoms with Crippen LogP contribution >= 0.6 is 11.6 Å². The molecule has 0 saturated heterocycles. The number of amides is 1. The zero-order valence-electron chi connectivity index (χ0n) is 13.4. The van der Waals surface area contributed by atoms with Crippen molar-refractivity contribution in [2.45, 2.75) is 13.0 Å². The highest BCUT2D eigenvalue weighted by atomic mass is 35.5. The van der Waals surface area contributed by atoms with Gasteiger partial charge in [-0.05, 0) is 36.4 Å². The summed E-state index contributed by atoms with van der Waals surface area (Å²) in [7, 11) is 0. The molecule has 1 N–H and O–H groups in total. The average molecular weight is 351 g/mol. The number of aromatic nitrogens is 3. The van der Waals surface area contributed by atoms with Crippen LogP contribution in [0.4, 0.5) is 0 Å². The Bertz CT molecular complexity index is 1130. The van der Waals surface area contributed by atoms with Crippen LogP contribution in [0.15, 0.2) is 48.7 Å². The predicted molar refractivity (Wildman–Crippen MR) is 96.9 cm³/mol. The molecule has 6 heteroatoms. The average Bonchev–Trinajstić information content (AvgIpc) is 3.24. The van der Waals surface area contributed by atoms with E-state index in [1.165, 1.54) is 5.69 Å². The van der Waals surface area contributed by atoms with E-state index < -0.39 is 0 Å². The first-order valence-electron chi connectivity index (χ1n) is 8.22. The molecule has 4 heterocycles. The molecule has 1 amide bonds. The highest BCUT2D eigenvalue weighted by Gasteiger charge is 2.26. The standard InChI is InChI=1S/C19H15ClN4O/c20-12-4-5-16-14(10-12)15-11-23(9-7-17(15)22-16)19(25)18-3-1-2-13-6-8-21-24(13)18/h1-6,8,10,22H,7,9,11H2. The lowest BCUT2D eigenvalue weighted by molar-refractivity contribution is 0.0726. The third-order valence-corrected chi connectivity index (χ3v) is 5.10. The topological polar surface area (TPSA) is 53.4 Å². The molecule has 4 aromatic rings. The van der Waals surface area contributed by atoms with Crippen LogP contribution in [0.1, 0.15) is 21.7 Å². The Labute approximate surface area is 148 Å². The van der Waals surface area contributed by atoms with Gasteiger partial charge >= 0.3 is 0 Å². The quantitative estimate of drug-likeness (QED) is 0.569. The van der Waals surface area contributed by atoms with Crippen molar-refractivity contribution in [2.75, 3.05) is 6.54 Å². The largest absolute Gasteiger partial charge is 0.358 e. The summed E-state index contributed by atoms with van der Waals surface area (Å²) in [5.41, 5.74) is 4.92. The zero-order valence-corrected chi connectivity index (χ0v) is 14.1. The SMILES string of the molecule is O=C(c1cccc2ccnn12)N1CCc2[nH]c3ccc(Cl)cc3c2C1. The Morgan fingerprint density at radius 1 is 1.20 bits per heavy atom. The van der Waals surface area contributed by atoms with Crippen LogP contribution in [0, 0.1) is 0 Å². The summed E-state index contributed by atoms with van der Waals surface area (Å²) in [6.07, 6.45) is 2.52. The Morgan fingerprint density at radius 3 is 3.04 bits per heavy atom. The maximum Gasteiger partial charge on any atom is 0.272 e. The maximum atomic E-state index is 13.1. The van der Waals surface area contributed by atoms with Crippen molar-refractivity contribution < 1.29 is 4.79 Å². The van der Waals surface area contributed by atoms with E-state index in [0.717, 1.165) is 28.4 Å². The van der Waals surface area contributed by atoms with Crippen LogP contribution in [-0.2, 0) is 13.0 Å². The second-order valence-corrected chi connectivity index (χ2v) is 6.76. The van der Waals surface area contributed by atoms with Crippen LogP contribution in [0.25, 0.3) is 16.4 Å². The van der Waals surface area contributed by atoms with Gasteiger partial charge in [-0.2, -0.15) is 5.10 Å².